The topological polar surface area (TPSA) is 20.8 Å². The van der Waals surface area contributed by atoms with E-state index in [-0.39, 0.29) is 0 Å². The molecule has 82 valence electrons. The summed E-state index contributed by atoms with van der Waals surface area (Å²) in [6, 6.07) is 0. The lowest BCUT2D eigenvalue weighted by molar-refractivity contribution is -0.677. The number of rotatable bonds is 3. The molecule has 0 aliphatic rings. The molecule has 0 spiro atoms. The molecule has 3 nitrogen and oxygen atoms in total. The van der Waals surface area contributed by atoms with Crippen molar-refractivity contribution >= 4 is 0 Å². The smallest absolute Gasteiger partial charge is 0.252 e. The predicted molar refractivity (Wildman–Crippen MR) is 60.2 cm³/mol. The van der Waals surface area contributed by atoms with Crippen LogP contribution in [0.4, 0.5) is 0 Å². The summed E-state index contributed by atoms with van der Waals surface area (Å²) < 4.78 is 4.32. The normalized spacial score (nSPS) is 9.50. The van der Waals surface area contributed by atoms with Crippen molar-refractivity contribution in [3.05, 3.63) is 18.2 Å². The van der Waals surface area contributed by atoms with E-state index in [9.17, 15) is 0 Å². The summed E-state index contributed by atoms with van der Waals surface area (Å²) in [4.78, 5) is 0. The Morgan fingerprint density at radius 3 is 2.00 bits per heavy atom. The van der Waals surface area contributed by atoms with Gasteiger partial charge in [0.05, 0.1) is 13.6 Å². The Morgan fingerprint density at radius 2 is 1.86 bits per heavy atom. The summed E-state index contributed by atoms with van der Waals surface area (Å²) >= 11 is 0. The number of imidazole rings is 1. The van der Waals surface area contributed by atoms with Crippen LogP contribution in [-0.2, 0) is 13.6 Å². The monoisotopic (exact) mass is 198 g/mol. The fraction of sp³-hybridized carbons (Fsp3) is 0.727. The molecular weight excluding hydrogens is 174 g/mol. The molecular formula is C11H24N3+. The van der Waals surface area contributed by atoms with Crippen LogP contribution < -0.4 is 9.88 Å². The zero-order valence-electron chi connectivity index (χ0n) is 10.2. The summed E-state index contributed by atoms with van der Waals surface area (Å²) in [5.41, 5.74) is 0. The average Bonchev–Trinajstić information content (AvgIpc) is 2.50. The van der Waals surface area contributed by atoms with Gasteiger partial charge in [-0.05, 0) is 20.0 Å². The third kappa shape index (κ3) is 4.42. The largest absolute Gasteiger partial charge is 0.317 e. The lowest BCUT2D eigenvalue weighted by atomic mass is 10.6. The summed E-state index contributed by atoms with van der Waals surface area (Å²) in [6.45, 7) is 11.7. The van der Waals surface area contributed by atoms with Crippen LogP contribution in [0.15, 0.2) is 12.4 Å². The highest BCUT2D eigenvalue weighted by molar-refractivity contribution is 4.77. The maximum absolute atomic E-state index is 3.11. The number of aromatic nitrogens is 2. The number of nitrogens with zero attached hydrogens (tertiary/aromatic N) is 2. The Morgan fingerprint density at radius 1 is 1.29 bits per heavy atom. The molecule has 1 aromatic heterocycles. The molecule has 1 aromatic rings. The molecule has 0 unspecified atom stereocenters. The second kappa shape index (κ2) is 7.56. The van der Waals surface area contributed by atoms with Crippen molar-refractivity contribution in [2.45, 2.75) is 34.2 Å². The van der Waals surface area contributed by atoms with Crippen LogP contribution in [-0.4, -0.2) is 17.7 Å². The SMILES string of the molecule is CCNCC.CCn1cc[n+](C)c1C. The summed E-state index contributed by atoms with van der Waals surface area (Å²) in [5.74, 6) is 1.30. The van der Waals surface area contributed by atoms with E-state index >= 15 is 0 Å². The van der Waals surface area contributed by atoms with Crippen LogP contribution in [0.25, 0.3) is 0 Å². The summed E-state index contributed by atoms with van der Waals surface area (Å²) in [7, 11) is 2.06. The maximum Gasteiger partial charge on any atom is 0.252 e. The molecule has 3 heteroatoms. The second-order valence-corrected chi connectivity index (χ2v) is 3.20. The first kappa shape index (κ1) is 13.2. The summed E-state index contributed by atoms with van der Waals surface area (Å²) in [5, 5.41) is 3.11. The van der Waals surface area contributed by atoms with Gasteiger partial charge in [-0.1, -0.05) is 13.8 Å². The van der Waals surface area contributed by atoms with Crippen molar-refractivity contribution in [1.82, 2.24) is 9.88 Å². The van der Waals surface area contributed by atoms with Crippen molar-refractivity contribution in [3.8, 4) is 0 Å². The molecule has 0 bridgehead atoms. The van der Waals surface area contributed by atoms with Crippen LogP contribution in [0.2, 0.25) is 0 Å². The molecule has 0 aliphatic heterocycles. The van der Waals surface area contributed by atoms with E-state index in [0.717, 1.165) is 19.6 Å². The van der Waals surface area contributed by atoms with Gasteiger partial charge in [0, 0.05) is 6.92 Å². The Hall–Kier alpha value is -0.830. The third-order valence-electron chi connectivity index (χ3n) is 2.24. The molecule has 0 fully saturated rings. The molecule has 1 rings (SSSR count). The zero-order valence-corrected chi connectivity index (χ0v) is 10.2. The minimum atomic E-state index is 1.06. The average molecular weight is 198 g/mol. The molecule has 1 heterocycles. The van der Waals surface area contributed by atoms with E-state index in [0.29, 0.717) is 0 Å². The van der Waals surface area contributed by atoms with Gasteiger partial charge in [0.1, 0.15) is 12.4 Å². The van der Waals surface area contributed by atoms with E-state index in [1.807, 2.05) is 0 Å². The van der Waals surface area contributed by atoms with Gasteiger partial charge in [-0.25, -0.2) is 9.13 Å². The number of aryl methyl sites for hydroxylation is 2. The zero-order chi connectivity index (χ0) is 11.0. The Bertz CT molecular complexity index is 239. The lowest BCUT2D eigenvalue weighted by Crippen LogP contribution is -2.29. The van der Waals surface area contributed by atoms with Crippen molar-refractivity contribution < 1.29 is 4.57 Å². The molecule has 1 N–H and O–H groups in total. The fourth-order valence-corrected chi connectivity index (χ4v) is 1.18. The highest BCUT2D eigenvalue weighted by Gasteiger charge is 2.03. The third-order valence-corrected chi connectivity index (χ3v) is 2.24. The maximum atomic E-state index is 3.11. The van der Waals surface area contributed by atoms with Gasteiger partial charge >= 0.3 is 0 Å². The first-order valence-corrected chi connectivity index (χ1v) is 5.39. The van der Waals surface area contributed by atoms with Crippen LogP contribution >= 0.6 is 0 Å². The lowest BCUT2D eigenvalue weighted by Gasteiger charge is -1.90. The first-order chi connectivity index (χ1) is 6.67. The van der Waals surface area contributed by atoms with Gasteiger partial charge in [-0.15, -0.1) is 0 Å². The van der Waals surface area contributed by atoms with Crippen LogP contribution in [0.5, 0.6) is 0 Å². The van der Waals surface area contributed by atoms with Crippen molar-refractivity contribution in [2.75, 3.05) is 13.1 Å². The molecule has 0 saturated heterocycles. The van der Waals surface area contributed by atoms with Gasteiger partial charge in [-0.3, -0.25) is 0 Å². The molecule has 0 aromatic carbocycles. The van der Waals surface area contributed by atoms with E-state index < -0.39 is 0 Å². The van der Waals surface area contributed by atoms with Gasteiger partial charge in [0.15, 0.2) is 0 Å². The van der Waals surface area contributed by atoms with Crippen molar-refractivity contribution in [1.29, 1.82) is 0 Å². The van der Waals surface area contributed by atoms with Gasteiger partial charge in [0.25, 0.3) is 5.82 Å². The summed E-state index contributed by atoms with van der Waals surface area (Å²) in [6.07, 6.45) is 4.16. The van der Waals surface area contributed by atoms with Gasteiger partial charge in [0.2, 0.25) is 0 Å². The molecule has 0 amide bonds. The van der Waals surface area contributed by atoms with Crippen molar-refractivity contribution in [3.63, 3.8) is 0 Å². The minimum Gasteiger partial charge on any atom is -0.317 e. The van der Waals surface area contributed by atoms with Gasteiger partial charge in [-0.2, -0.15) is 0 Å². The quantitative estimate of drug-likeness (QED) is 0.725. The van der Waals surface area contributed by atoms with Crippen molar-refractivity contribution in [2.24, 2.45) is 7.05 Å². The number of nitrogens with one attached hydrogen (secondary N) is 1. The Balaban J connectivity index is 0.000000292. The number of hydrogen-bond donors (Lipinski definition) is 1. The Kier molecular flexibility index (Phi) is 7.11. The highest BCUT2D eigenvalue weighted by atomic mass is 15.1. The van der Waals surface area contributed by atoms with E-state index in [1.165, 1.54) is 5.82 Å². The standard InChI is InChI=1S/C7H13N2.C4H11N/c1-4-9-6-5-8(3)7(9)2;1-3-5-4-2/h5-6H,4H2,1-3H3;5H,3-4H2,1-2H3/q+1;. The molecule has 0 aliphatic carbocycles. The molecule has 0 atom stereocenters. The van der Waals surface area contributed by atoms with E-state index in [2.05, 4.69) is 61.6 Å². The predicted octanol–water partition coefficient (Wildman–Crippen LogP) is 1.26. The van der Waals surface area contributed by atoms with Gasteiger partial charge < -0.3 is 5.32 Å². The van der Waals surface area contributed by atoms with Crippen LogP contribution in [0.3, 0.4) is 0 Å². The molecule has 0 radical (unpaired) electrons. The minimum absolute atomic E-state index is 1.06. The number of hydrogen-bond acceptors (Lipinski definition) is 1. The molecule has 0 saturated carbocycles. The fourth-order valence-electron chi connectivity index (χ4n) is 1.18. The van der Waals surface area contributed by atoms with E-state index in [4.69, 9.17) is 0 Å². The van der Waals surface area contributed by atoms with Crippen LogP contribution in [0, 0.1) is 6.92 Å². The Labute approximate surface area is 87.8 Å². The van der Waals surface area contributed by atoms with Crippen LogP contribution in [0.1, 0.15) is 26.6 Å². The highest BCUT2D eigenvalue weighted by Crippen LogP contribution is 1.89. The van der Waals surface area contributed by atoms with E-state index in [1.54, 1.807) is 0 Å². The second-order valence-electron chi connectivity index (χ2n) is 3.20. The molecule has 14 heavy (non-hydrogen) atoms. The first-order valence-electron chi connectivity index (χ1n) is 5.39.